The van der Waals surface area contributed by atoms with Crippen molar-refractivity contribution in [1.82, 2.24) is 19.5 Å². The topological polar surface area (TPSA) is 43.6 Å². The number of hydrogen-bond donors (Lipinski definition) is 0. The minimum absolute atomic E-state index is 0.241. The molecule has 0 unspecified atom stereocenters. The predicted octanol–water partition coefficient (Wildman–Crippen LogP) is 1.62. The van der Waals surface area contributed by atoms with E-state index in [1.807, 2.05) is 11.5 Å². The molecule has 5 heteroatoms. The van der Waals surface area contributed by atoms with Gasteiger partial charge in [0.15, 0.2) is 0 Å². The monoisotopic (exact) mass is 194 g/mol. The Labute approximate surface area is 80.2 Å². The van der Waals surface area contributed by atoms with E-state index in [4.69, 9.17) is 11.6 Å². The summed E-state index contributed by atoms with van der Waals surface area (Å²) in [6, 6.07) is 1.78. The lowest BCUT2D eigenvalue weighted by molar-refractivity contribution is 0.937. The van der Waals surface area contributed by atoms with Crippen molar-refractivity contribution in [3.05, 3.63) is 35.8 Å². The maximum atomic E-state index is 5.66. The second kappa shape index (κ2) is 3.14. The van der Waals surface area contributed by atoms with E-state index in [0.29, 0.717) is 0 Å². The van der Waals surface area contributed by atoms with Gasteiger partial charge in [0.2, 0.25) is 5.28 Å². The molecule has 0 spiro atoms. The molecule has 0 aromatic carbocycles. The van der Waals surface area contributed by atoms with Crippen LogP contribution in [0.1, 0.15) is 5.69 Å². The van der Waals surface area contributed by atoms with Gasteiger partial charge in [-0.25, -0.2) is 9.97 Å². The van der Waals surface area contributed by atoms with Crippen molar-refractivity contribution in [2.24, 2.45) is 0 Å². The highest BCUT2D eigenvalue weighted by Gasteiger charge is 2.01. The molecule has 0 saturated carbocycles. The van der Waals surface area contributed by atoms with Crippen LogP contribution in [0.2, 0.25) is 5.28 Å². The molecular weight excluding hydrogens is 188 g/mol. The molecule has 0 bridgehead atoms. The number of nitrogens with zero attached hydrogens (tertiary/aromatic N) is 4. The molecule has 0 aliphatic carbocycles. The van der Waals surface area contributed by atoms with Gasteiger partial charge in [-0.05, 0) is 24.6 Å². The second-order valence-electron chi connectivity index (χ2n) is 2.59. The van der Waals surface area contributed by atoms with Crippen molar-refractivity contribution < 1.29 is 0 Å². The SMILES string of the molecule is Cc1cncn1-c1ccnc(Cl)n1. The van der Waals surface area contributed by atoms with E-state index in [9.17, 15) is 0 Å². The number of imidazole rings is 1. The normalized spacial score (nSPS) is 10.3. The van der Waals surface area contributed by atoms with Crippen LogP contribution in [0.3, 0.4) is 0 Å². The number of aryl methyl sites for hydroxylation is 1. The standard InChI is InChI=1S/C8H7ClN4/c1-6-4-10-5-13(6)7-2-3-11-8(9)12-7/h2-5H,1H3. The van der Waals surface area contributed by atoms with Crippen molar-refractivity contribution in [2.75, 3.05) is 0 Å². The van der Waals surface area contributed by atoms with Crippen molar-refractivity contribution in [2.45, 2.75) is 6.92 Å². The third-order valence-corrected chi connectivity index (χ3v) is 1.86. The smallest absolute Gasteiger partial charge is 0.224 e. The number of hydrogen-bond acceptors (Lipinski definition) is 3. The predicted molar refractivity (Wildman–Crippen MR) is 48.9 cm³/mol. The average molecular weight is 195 g/mol. The molecule has 0 N–H and O–H groups in total. The van der Waals surface area contributed by atoms with Gasteiger partial charge in [0, 0.05) is 18.1 Å². The first-order chi connectivity index (χ1) is 6.27. The van der Waals surface area contributed by atoms with Crippen LogP contribution < -0.4 is 0 Å². The summed E-state index contributed by atoms with van der Waals surface area (Å²) in [5, 5.41) is 0.241. The van der Waals surface area contributed by atoms with E-state index >= 15 is 0 Å². The molecule has 2 aromatic rings. The Bertz CT molecular complexity index is 424. The molecule has 4 nitrogen and oxygen atoms in total. The molecular formula is C8H7ClN4. The van der Waals surface area contributed by atoms with Crippen LogP contribution in [0.5, 0.6) is 0 Å². The Morgan fingerprint density at radius 3 is 2.92 bits per heavy atom. The van der Waals surface area contributed by atoms with Gasteiger partial charge < -0.3 is 0 Å². The van der Waals surface area contributed by atoms with Gasteiger partial charge in [0.25, 0.3) is 0 Å². The van der Waals surface area contributed by atoms with Crippen molar-refractivity contribution >= 4 is 11.6 Å². The molecule has 13 heavy (non-hydrogen) atoms. The van der Waals surface area contributed by atoms with Crippen LogP contribution >= 0.6 is 11.6 Å². The van der Waals surface area contributed by atoms with Gasteiger partial charge in [0.05, 0.1) is 0 Å². The molecule has 0 atom stereocenters. The van der Waals surface area contributed by atoms with Gasteiger partial charge in [-0.2, -0.15) is 4.98 Å². The molecule has 0 fully saturated rings. The van der Waals surface area contributed by atoms with Gasteiger partial charge >= 0.3 is 0 Å². The third-order valence-electron chi connectivity index (χ3n) is 1.68. The van der Waals surface area contributed by atoms with Gasteiger partial charge in [0.1, 0.15) is 12.1 Å². The number of aromatic nitrogens is 4. The summed E-state index contributed by atoms with van der Waals surface area (Å²) in [4.78, 5) is 11.8. The van der Waals surface area contributed by atoms with Gasteiger partial charge in [-0.3, -0.25) is 4.57 Å². The molecule has 2 rings (SSSR count). The zero-order chi connectivity index (χ0) is 9.26. The summed E-state index contributed by atoms with van der Waals surface area (Å²) in [6.45, 7) is 1.95. The molecule has 0 aliphatic rings. The van der Waals surface area contributed by atoms with Gasteiger partial charge in [-0.15, -0.1) is 0 Å². The van der Waals surface area contributed by atoms with E-state index in [2.05, 4.69) is 15.0 Å². The van der Waals surface area contributed by atoms with E-state index in [1.54, 1.807) is 24.8 Å². The Morgan fingerprint density at radius 2 is 2.31 bits per heavy atom. The van der Waals surface area contributed by atoms with E-state index < -0.39 is 0 Å². The molecule has 2 aromatic heterocycles. The summed E-state index contributed by atoms with van der Waals surface area (Å²) in [5.41, 5.74) is 1.01. The lowest BCUT2D eigenvalue weighted by Crippen LogP contribution is -1.98. The largest absolute Gasteiger partial charge is 0.288 e. The molecule has 0 radical (unpaired) electrons. The van der Waals surface area contributed by atoms with Crippen LogP contribution in [-0.2, 0) is 0 Å². The number of rotatable bonds is 1. The second-order valence-corrected chi connectivity index (χ2v) is 2.93. The van der Waals surface area contributed by atoms with Crippen LogP contribution in [0.25, 0.3) is 5.82 Å². The average Bonchev–Trinajstić information content (AvgIpc) is 2.51. The van der Waals surface area contributed by atoms with Crippen molar-refractivity contribution in [3.8, 4) is 5.82 Å². The Kier molecular flexibility index (Phi) is 1.98. The van der Waals surface area contributed by atoms with Crippen molar-refractivity contribution in [1.29, 1.82) is 0 Å². The molecule has 2 heterocycles. The lowest BCUT2D eigenvalue weighted by Gasteiger charge is -2.02. The summed E-state index contributed by atoms with van der Waals surface area (Å²) in [5.74, 6) is 0.731. The third kappa shape index (κ3) is 1.53. The first-order valence-corrected chi connectivity index (χ1v) is 4.13. The molecule has 0 aliphatic heterocycles. The van der Waals surface area contributed by atoms with E-state index in [1.165, 1.54) is 0 Å². The maximum Gasteiger partial charge on any atom is 0.224 e. The highest BCUT2D eigenvalue weighted by atomic mass is 35.5. The minimum Gasteiger partial charge on any atom is -0.288 e. The fourth-order valence-electron chi connectivity index (χ4n) is 1.06. The summed E-state index contributed by atoms with van der Waals surface area (Å²) >= 11 is 5.66. The first kappa shape index (κ1) is 8.19. The van der Waals surface area contributed by atoms with E-state index in [0.717, 1.165) is 11.5 Å². The van der Waals surface area contributed by atoms with Crippen molar-refractivity contribution in [3.63, 3.8) is 0 Å². The number of halogens is 1. The molecule has 0 saturated heterocycles. The van der Waals surface area contributed by atoms with Crippen LogP contribution in [0.15, 0.2) is 24.8 Å². The Balaban J connectivity index is 2.53. The van der Waals surface area contributed by atoms with Gasteiger partial charge in [-0.1, -0.05) is 0 Å². The molecule has 66 valence electrons. The zero-order valence-corrected chi connectivity index (χ0v) is 7.73. The highest BCUT2D eigenvalue weighted by Crippen LogP contribution is 2.08. The maximum absolute atomic E-state index is 5.66. The highest BCUT2D eigenvalue weighted by molar-refractivity contribution is 6.28. The lowest BCUT2D eigenvalue weighted by atomic mass is 10.5. The molecule has 0 amide bonds. The quantitative estimate of drug-likeness (QED) is 0.648. The summed E-state index contributed by atoms with van der Waals surface area (Å²) in [6.07, 6.45) is 5.06. The van der Waals surface area contributed by atoms with Crippen LogP contribution in [0, 0.1) is 6.92 Å². The van der Waals surface area contributed by atoms with Crippen LogP contribution in [-0.4, -0.2) is 19.5 Å². The summed E-state index contributed by atoms with van der Waals surface area (Å²) < 4.78 is 1.84. The van der Waals surface area contributed by atoms with Crippen LogP contribution in [0.4, 0.5) is 0 Å². The Morgan fingerprint density at radius 1 is 1.46 bits per heavy atom. The fraction of sp³-hybridized carbons (Fsp3) is 0.125. The zero-order valence-electron chi connectivity index (χ0n) is 6.98. The first-order valence-electron chi connectivity index (χ1n) is 3.75. The fourth-order valence-corrected chi connectivity index (χ4v) is 1.20. The summed E-state index contributed by atoms with van der Waals surface area (Å²) in [7, 11) is 0. The Hall–Kier alpha value is -1.42. The minimum atomic E-state index is 0.241. The van der Waals surface area contributed by atoms with E-state index in [-0.39, 0.29) is 5.28 Å².